The Morgan fingerprint density at radius 2 is 1.64 bits per heavy atom. The van der Waals surface area contributed by atoms with Gasteiger partial charge in [-0.2, -0.15) is 0 Å². The fourth-order valence-corrected chi connectivity index (χ4v) is 5.44. The topological polar surface area (TPSA) is 15.3 Å². The predicted molar refractivity (Wildman–Crippen MR) is 108 cm³/mol. The van der Waals surface area contributed by atoms with Gasteiger partial charge in [0.05, 0.1) is 0 Å². The van der Waals surface area contributed by atoms with Crippen molar-refractivity contribution in [2.24, 2.45) is 0 Å². The van der Waals surface area contributed by atoms with Crippen LogP contribution in [0.3, 0.4) is 0 Å². The van der Waals surface area contributed by atoms with E-state index in [0.717, 1.165) is 12.1 Å². The summed E-state index contributed by atoms with van der Waals surface area (Å²) in [5, 5.41) is 7.28. The number of benzene rings is 2. The van der Waals surface area contributed by atoms with Crippen molar-refractivity contribution in [2.45, 2.75) is 43.8 Å². The van der Waals surface area contributed by atoms with Gasteiger partial charge in [-0.05, 0) is 85.0 Å². The molecule has 0 amide bonds. The molecule has 2 fully saturated rings. The van der Waals surface area contributed by atoms with Gasteiger partial charge >= 0.3 is 0 Å². The fraction of sp³-hybridized carbons (Fsp3) is 0.364. The molecule has 0 saturated carbocycles. The number of hydrogen-bond donors (Lipinski definition) is 1. The van der Waals surface area contributed by atoms with Crippen LogP contribution < -0.4 is 5.32 Å². The Morgan fingerprint density at radius 1 is 0.920 bits per heavy atom. The van der Waals surface area contributed by atoms with Gasteiger partial charge < -0.3 is 10.2 Å². The van der Waals surface area contributed by atoms with Crippen molar-refractivity contribution in [1.82, 2.24) is 4.90 Å². The number of rotatable bonds is 3. The summed E-state index contributed by atoms with van der Waals surface area (Å²) < 4.78 is 1.36. The molecule has 2 aromatic carbocycles. The van der Waals surface area contributed by atoms with Crippen LogP contribution in [0.4, 0.5) is 5.69 Å². The SMILES string of the molecule is CN1[C@@H]2CC[C@H]1C[C@@H](Nc1ccc(-c3ccc4sccc4c3)cc1)C2. The molecular formula is C22H24N2S. The van der Waals surface area contributed by atoms with E-state index in [1.54, 1.807) is 11.3 Å². The first-order valence-electron chi connectivity index (χ1n) is 9.32. The van der Waals surface area contributed by atoms with Crippen LogP contribution in [0, 0.1) is 0 Å². The van der Waals surface area contributed by atoms with Gasteiger partial charge in [-0.3, -0.25) is 0 Å². The molecule has 0 spiro atoms. The number of nitrogens with zero attached hydrogens (tertiary/aromatic N) is 1. The molecule has 3 heterocycles. The van der Waals surface area contributed by atoms with Gasteiger partial charge in [0.15, 0.2) is 0 Å². The Balaban J connectivity index is 1.31. The summed E-state index contributed by atoms with van der Waals surface area (Å²) in [7, 11) is 2.30. The average molecular weight is 349 g/mol. The molecule has 3 atom stereocenters. The summed E-state index contributed by atoms with van der Waals surface area (Å²) >= 11 is 1.81. The highest BCUT2D eigenvalue weighted by Gasteiger charge is 2.38. The van der Waals surface area contributed by atoms with Crippen molar-refractivity contribution in [3.05, 3.63) is 53.9 Å². The standard InChI is InChI=1S/C22H24N2S/c1-24-20-7-8-21(24)14-19(13-20)23-18-5-2-15(3-6-18)16-4-9-22-17(12-16)10-11-25-22/h2-6,9-12,19-21,23H,7-8,13-14H2,1H3/t19-,20+,21-. The van der Waals surface area contributed by atoms with Gasteiger partial charge in [0, 0.05) is 28.5 Å². The van der Waals surface area contributed by atoms with Crippen LogP contribution in [0.5, 0.6) is 0 Å². The lowest BCUT2D eigenvalue weighted by molar-refractivity contribution is 0.169. The van der Waals surface area contributed by atoms with Crippen LogP contribution in [0.1, 0.15) is 25.7 Å². The van der Waals surface area contributed by atoms with Crippen LogP contribution in [0.25, 0.3) is 21.2 Å². The van der Waals surface area contributed by atoms with Crippen LogP contribution in [0.15, 0.2) is 53.9 Å². The Morgan fingerprint density at radius 3 is 2.40 bits per heavy atom. The normalized spacial score (nSPS) is 26.2. The minimum Gasteiger partial charge on any atom is -0.382 e. The number of fused-ring (bicyclic) bond motifs is 3. The van der Waals surface area contributed by atoms with E-state index in [1.165, 1.54) is 52.6 Å². The molecule has 0 radical (unpaired) electrons. The lowest BCUT2D eigenvalue weighted by atomic mass is 9.97. The first kappa shape index (κ1) is 15.4. The molecule has 128 valence electrons. The van der Waals surface area contributed by atoms with E-state index >= 15 is 0 Å². The zero-order chi connectivity index (χ0) is 16.8. The zero-order valence-electron chi connectivity index (χ0n) is 14.6. The van der Waals surface area contributed by atoms with Gasteiger partial charge in [-0.1, -0.05) is 18.2 Å². The number of anilines is 1. The maximum Gasteiger partial charge on any atom is 0.0343 e. The summed E-state index contributed by atoms with van der Waals surface area (Å²) in [4.78, 5) is 2.60. The lowest BCUT2D eigenvalue weighted by Gasteiger charge is -2.37. The monoisotopic (exact) mass is 348 g/mol. The third-order valence-corrected chi connectivity index (χ3v) is 7.04. The molecule has 0 aliphatic carbocycles. The largest absolute Gasteiger partial charge is 0.382 e. The molecule has 2 saturated heterocycles. The van der Waals surface area contributed by atoms with E-state index in [9.17, 15) is 0 Å². The van der Waals surface area contributed by atoms with Gasteiger partial charge in [0.25, 0.3) is 0 Å². The average Bonchev–Trinajstić information content (AvgIpc) is 3.16. The summed E-state index contributed by atoms with van der Waals surface area (Å²) in [6, 6.07) is 20.1. The molecule has 3 aromatic rings. The highest BCUT2D eigenvalue weighted by molar-refractivity contribution is 7.17. The van der Waals surface area contributed by atoms with E-state index in [1.807, 2.05) is 0 Å². The van der Waals surface area contributed by atoms with Gasteiger partial charge in [0.2, 0.25) is 0 Å². The van der Waals surface area contributed by atoms with E-state index in [2.05, 4.69) is 71.2 Å². The maximum atomic E-state index is 3.78. The summed E-state index contributed by atoms with van der Waals surface area (Å²) in [6.07, 6.45) is 5.32. The number of piperidine rings is 1. The summed E-state index contributed by atoms with van der Waals surface area (Å²) in [5.41, 5.74) is 3.85. The van der Waals surface area contributed by atoms with Gasteiger partial charge in [-0.15, -0.1) is 11.3 Å². The molecular weight excluding hydrogens is 324 g/mol. The van der Waals surface area contributed by atoms with Crippen LogP contribution in [-0.4, -0.2) is 30.1 Å². The first-order chi connectivity index (χ1) is 12.3. The number of hydrogen-bond acceptors (Lipinski definition) is 3. The minimum atomic E-state index is 0.627. The minimum absolute atomic E-state index is 0.627. The summed E-state index contributed by atoms with van der Waals surface area (Å²) in [5.74, 6) is 0. The van der Waals surface area contributed by atoms with Gasteiger partial charge in [0.1, 0.15) is 0 Å². The van der Waals surface area contributed by atoms with Crippen molar-refractivity contribution >= 4 is 27.1 Å². The second-order valence-electron chi connectivity index (χ2n) is 7.61. The molecule has 25 heavy (non-hydrogen) atoms. The molecule has 2 aliphatic rings. The third-order valence-electron chi connectivity index (χ3n) is 6.14. The van der Waals surface area contributed by atoms with E-state index in [-0.39, 0.29) is 0 Å². The van der Waals surface area contributed by atoms with Crippen molar-refractivity contribution < 1.29 is 0 Å². The van der Waals surface area contributed by atoms with E-state index in [4.69, 9.17) is 0 Å². The number of thiophene rings is 1. The lowest BCUT2D eigenvalue weighted by Crippen LogP contribution is -2.44. The second kappa shape index (κ2) is 6.15. The molecule has 1 N–H and O–H groups in total. The molecule has 2 aliphatic heterocycles. The molecule has 0 unspecified atom stereocenters. The molecule has 2 bridgehead atoms. The Bertz CT molecular complexity index is 868. The summed E-state index contributed by atoms with van der Waals surface area (Å²) in [6.45, 7) is 0. The van der Waals surface area contributed by atoms with E-state index in [0.29, 0.717) is 6.04 Å². The highest BCUT2D eigenvalue weighted by atomic mass is 32.1. The Kier molecular flexibility index (Phi) is 3.79. The fourth-order valence-electron chi connectivity index (χ4n) is 4.67. The van der Waals surface area contributed by atoms with Crippen molar-refractivity contribution in [2.75, 3.05) is 12.4 Å². The molecule has 5 rings (SSSR count). The predicted octanol–water partition coefficient (Wildman–Crippen LogP) is 5.61. The van der Waals surface area contributed by atoms with E-state index < -0.39 is 0 Å². The van der Waals surface area contributed by atoms with Crippen molar-refractivity contribution in [3.63, 3.8) is 0 Å². The number of nitrogens with one attached hydrogen (secondary N) is 1. The van der Waals surface area contributed by atoms with Crippen LogP contribution in [-0.2, 0) is 0 Å². The second-order valence-corrected chi connectivity index (χ2v) is 8.56. The Hall–Kier alpha value is -1.84. The molecule has 3 heteroatoms. The van der Waals surface area contributed by atoms with Crippen LogP contribution in [0.2, 0.25) is 0 Å². The first-order valence-corrected chi connectivity index (χ1v) is 10.2. The zero-order valence-corrected chi connectivity index (χ0v) is 15.4. The van der Waals surface area contributed by atoms with Gasteiger partial charge in [-0.25, -0.2) is 0 Å². The van der Waals surface area contributed by atoms with Crippen molar-refractivity contribution in [1.29, 1.82) is 0 Å². The smallest absolute Gasteiger partial charge is 0.0343 e. The van der Waals surface area contributed by atoms with Crippen LogP contribution >= 0.6 is 11.3 Å². The molecule has 2 nitrogen and oxygen atoms in total. The van der Waals surface area contributed by atoms with Crippen molar-refractivity contribution in [3.8, 4) is 11.1 Å². The molecule has 1 aromatic heterocycles. The maximum absolute atomic E-state index is 3.78. The third kappa shape index (κ3) is 2.86. The highest BCUT2D eigenvalue weighted by Crippen LogP contribution is 2.35. The quantitative estimate of drug-likeness (QED) is 0.662. The Labute approximate surface area is 153 Å².